The van der Waals surface area contributed by atoms with E-state index in [0.717, 1.165) is 23.0 Å². The Kier molecular flexibility index (Phi) is 42.3. The third-order valence-corrected chi connectivity index (χ3v) is 13.7. The highest BCUT2D eigenvalue weighted by Gasteiger charge is 2.00. The number of aryl methyl sites for hydroxylation is 9. The van der Waals surface area contributed by atoms with Crippen LogP contribution in [0.5, 0.6) is 23.0 Å². The van der Waals surface area contributed by atoms with Gasteiger partial charge in [-0.15, -0.1) is 0 Å². The van der Waals surface area contributed by atoms with Crippen LogP contribution in [0, 0.1) is 62.3 Å². The maximum atomic E-state index is 5.69. The molecule has 95 heavy (non-hydrogen) atoms. The molecule has 2 heteroatoms. The summed E-state index contributed by atoms with van der Waals surface area (Å²) in [5.74, 6) is 3.52. The van der Waals surface area contributed by atoms with Gasteiger partial charge >= 0.3 is 0 Å². The van der Waals surface area contributed by atoms with Crippen molar-refractivity contribution < 1.29 is 9.47 Å². The van der Waals surface area contributed by atoms with E-state index in [9.17, 15) is 0 Å². The topological polar surface area (TPSA) is 18.5 Å². The van der Waals surface area contributed by atoms with Gasteiger partial charge in [-0.05, 0) is 155 Å². The number of hydrogen-bond acceptors (Lipinski definition) is 2. The minimum absolute atomic E-state index is 0.879. The molecule has 13 rings (SSSR count). The highest BCUT2D eigenvalue weighted by molar-refractivity contribution is 5.82. The summed E-state index contributed by atoms with van der Waals surface area (Å²) in [6.45, 7) is 38.8. The van der Waals surface area contributed by atoms with Crippen molar-refractivity contribution in [1.82, 2.24) is 0 Å². The average Bonchev–Trinajstić information content (AvgIpc) is 2.42. The highest BCUT2D eigenvalue weighted by atomic mass is 16.5. The molecule has 0 unspecified atom stereocenters. The normalized spacial score (nSPS) is 9.21. The van der Waals surface area contributed by atoms with Gasteiger partial charge in [-0.25, -0.2) is 0 Å². The van der Waals surface area contributed by atoms with E-state index in [1.807, 2.05) is 184 Å². The molecule has 2 nitrogen and oxygen atoms in total. The van der Waals surface area contributed by atoms with E-state index >= 15 is 0 Å². The summed E-state index contributed by atoms with van der Waals surface area (Å²) in [5, 5.41) is 5.24. The van der Waals surface area contributed by atoms with Crippen LogP contribution in [0.1, 0.15) is 119 Å². The Balaban J connectivity index is 0.000000372. The van der Waals surface area contributed by atoms with E-state index in [-0.39, 0.29) is 0 Å². The van der Waals surface area contributed by atoms with Crippen LogP contribution in [0.4, 0.5) is 0 Å². The first-order chi connectivity index (χ1) is 46.3. The van der Waals surface area contributed by atoms with Gasteiger partial charge in [0.1, 0.15) is 23.0 Å². The van der Waals surface area contributed by atoms with E-state index in [1.165, 1.54) is 93.9 Å². The molecular formula is C93H110O2. The number of hydrogen-bond donors (Lipinski definition) is 0. The zero-order valence-corrected chi connectivity index (χ0v) is 60.9. The molecule has 13 aromatic carbocycles. The molecule has 494 valence electrons. The zero-order chi connectivity index (χ0) is 70.0. The maximum absolute atomic E-state index is 5.69. The molecular weight excluding hydrogens is 1150 g/mol. The Hall–Kier alpha value is -10.0. The minimum atomic E-state index is 0.879. The second kappa shape index (κ2) is 49.6. The average molecular weight is 1260 g/mol. The van der Waals surface area contributed by atoms with Crippen LogP contribution in [0.15, 0.2) is 322 Å². The lowest BCUT2D eigenvalue weighted by Crippen LogP contribution is -1.84. The molecule has 0 aliphatic rings. The first kappa shape index (κ1) is 81.1. The lowest BCUT2D eigenvalue weighted by atomic mass is 10.0. The molecule has 13 aromatic rings. The number of ether oxygens (including phenoxy) is 2. The van der Waals surface area contributed by atoms with E-state index in [2.05, 4.69) is 269 Å². The van der Waals surface area contributed by atoms with Crippen LogP contribution in [-0.2, 0) is 0 Å². The Morgan fingerprint density at radius 3 is 0.400 bits per heavy atom. The third-order valence-electron chi connectivity index (χ3n) is 13.7. The Bertz CT molecular complexity index is 3390. The van der Waals surface area contributed by atoms with Crippen molar-refractivity contribution in [3.8, 4) is 45.3 Å². The molecule has 0 aliphatic heterocycles. The summed E-state index contributed by atoms with van der Waals surface area (Å²) < 4.78 is 11.4. The second-order valence-electron chi connectivity index (χ2n) is 21.3. The van der Waals surface area contributed by atoms with E-state index in [4.69, 9.17) is 9.47 Å². The quantitative estimate of drug-likeness (QED) is 0.165. The number of benzene rings is 13. The van der Waals surface area contributed by atoms with Gasteiger partial charge in [-0.1, -0.05) is 392 Å². The molecule has 0 saturated heterocycles. The van der Waals surface area contributed by atoms with Crippen LogP contribution >= 0.6 is 0 Å². The SMILES string of the molecule is CC.CC.CC.CC.CC.Cc1ccc(-c2ccc(C)cc2)cc1.Cc1ccc(-c2ccc(C)cc2)cc1.Cc1ccc(Oc2ccc(C)cc2)cc1.Cc1ccc(Oc2ccc(C)cc2)cc1.Cc1ccccc1.c1ccc2ccccc2c1.c1ccc2ccccc2c1. The minimum Gasteiger partial charge on any atom is -0.457 e. The molecule has 0 bridgehead atoms. The van der Waals surface area contributed by atoms with Gasteiger partial charge < -0.3 is 9.47 Å². The molecule has 0 fully saturated rings. The number of rotatable bonds is 6. The predicted octanol–water partition coefficient (Wildman–Crippen LogP) is 28.9. The molecule has 0 saturated carbocycles. The molecule has 0 heterocycles. The van der Waals surface area contributed by atoms with Crippen LogP contribution in [0.2, 0.25) is 0 Å². The molecule has 0 aliphatic carbocycles. The summed E-state index contributed by atoms with van der Waals surface area (Å²) in [6.07, 6.45) is 0. The van der Waals surface area contributed by atoms with Crippen LogP contribution < -0.4 is 9.47 Å². The van der Waals surface area contributed by atoms with Crippen molar-refractivity contribution in [3.05, 3.63) is 372 Å². The van der Waals surface area contributed by atoms with Gasteiger partial charge in [0.2, 0.25) is 0 Å². The van der Waals surface area contributed by atoms with Gasteiger partial charge in [0.25, 0.3) is 0 Å². The van der Waals surface area contributed by atoms with Gasteiger partial charge in [0, 0.05) is 0 Å². The first-order valence-corrected chi connectivity index (χ1v) is 34.1. The fourth-order valence-electron chi connectivity index (χ4n) is 8.48. The lowest BCUT2D eigenvalue weighted by Gasteiger charge is -2.05. The van der Waals surface area contributed by atoms with E-state index < -0.39 is 0 Å². The fraction of sp³-hybridized carbons (Fsp3) is 0.204. The molecule has 0 aromatic heterocycles. The highest BCUT2D eigenvalue weighted by Crippen LogP contribution is 2.25. The van der Waals surface area contributed by atoms with Gasteiger partial charge in [-0.2, -0.15) is 0 Å². The van der Waals surface area contributed by atoms with E-state index in [0.29, 0.717) is 0 Å². The van der Waals surface area contributed by atoms with Crippen molar-refractivity contribution >= 4 is 21.5 Å². The fourth-order valence-corrected chi connectivity index (χ4v) is 8.48. The van der Waals surface area contributed by atoms with Gasteiger partial charge in [0.05, 0.1) is 0 Å². The van der Waals surface area contributed by atoms with Crippen molar-refractivity contribution in [2.45, 2.75) is 132 Å². The van der Waals surface area contributed by atoms with Crippen LogP contribution in [0.25, 0.3) is 43.8 Å². The molecule has 0 amide bonds. The summed E-state index contributed by atoms with van der Waals surface area (Å²) in [7, 11) is 0. The number of fused-ring (bicyclic) bond motifs is 2. The monoisotopic (exact) mass is 1260 g/mol. The van der Waals surface area contributed by atoms with Crippen LogP contribution in [-0.4, -0.2) is 0 Å². The molecule has 0 atom stereocenters. The maximum Gasteiger partial charge on any atom is 0.127 e. The Morgan fingerprint density at radius 1 is 0.137 bits per heavy atom. The Morgan fingerprint density at radius 2 is 0.263 bits per heavy atom. The lowest BCUT2D eigenvalue weighted by molar-refractivity contribution is 0.482. The summed E-state index contributed by atoms with van der Waals surface area (Å²) in [5.41, 5.74) is 16.7. The van der Waals surface area contributed by atoms with Gasteiger partial charge in [0.15, 0.2) is 0 Å². The van der Waals surface area contributed by atoms with Crippen LogP contribution in [0.3, 0.4) is 0 Å². The van der Waals surface area contributed by atoms with Gasteiger partial charge in [-0.3, -0.25) is 0 Å². The zero-order valence-electron chi connectivity index (χ0n) is 60.9. The molecule has 0 radical (unpaired) electrons. The first-order valence-electron chi connectivity index (χ1n) is 34.1. The second-order valence-corrected chi connectivity index (χ2v) is 21.3. The summed E-state index contributed by atoms with van der Waals surface area (Å²) in [6, 6.07) is 110. The predicted molar refractivity (Wildman–Crippen MR) is 423 cm³/mol. The van der Waals surface area contributed by atoms with Crippen molar-refractivity contribution in [2.75, 3.05) is 0 Å². The molecule has 0 spiro atoms. The van der Waals surface area contributed by atoms with Crippen molar-refractivity contribution in [2.24, 2.45) is 0 Å². The third kappa shape index (κ3) is 33.4. The smallest absolute Gasteiger partial charge is 0.127 e. The summed E-state index contributed by atoms with van der Waals surface area (Å²) in [4.78, 5) is 0. The summed E-state index contributed by atoms with van der Waals surface area (Å²) >= 11 is 0. The standard InChI is InChI=1S/2C14H14O.2C14H14.2C10H8.C7H8.5C2H6/c2*1-11-3-7-13(8-4-11)15-14-9-5-12(2)6-10-14;2*1-11-3-7-13(8-4-11)14-9-5-12(2)6-10-14;2*1-2-6-10-8-4-3-7-9(10)5-1;1-7-5-3-2-4-6-7;5*1-2/h2*3-10H,1-2H3;2*3-10H,1-2H3;2*1-8H;2-6H,1H3;5*1-2H3. The largest absolute Gasteiger partial charge is 0.457 e. The Labute approximate surface area is 576 Å². The molecule has 0 N–H and O–H groups in total. The van der Waals surface area contributed by atoms with Crippen molar-refractivity contribution in [3.63, 3.8) is 0 Å². The van der Waals surface area contributed by atoms with Crippen molar-refractivity contribution in [1.29, 1.82) is 0 Å². The van der Waals surface area contributed by atoms with E-state index in [1.54, 1.807) is 0 Å².